The van der Waals surface area contributed by atoms with Gasteiger partial charge in [0.05, 0.1) is 23.9 Å². The monoisotopic (exact) mass is 890 g/mol. The van der Waals surface area contributed by atoms with Crippen LogP contribution in [0, 0.1) is 0 Å². The SMILES string of the molecule is CN(c1nccnc1CNc1nc(Nc2ccc(N3CCC(N4CCN(Cc5ccc6c(c5)C(=O)N(C5CCC(=O)NC5=O)C6=O)CC4)CC3)cc2)ncc1C(F)(F)F)S(C)(=O)=O. The number of imide groups is 2. The molecule has 0 bridgehead atoms. The molecule has 4 aromatic rings. The standard InChI is InChI=1S/C41H45F3N12O6S/c1-52(63(2,61)62)36-32(45-13-14-46-36)23-47-35-31(41(42,43)44)22-48-40(51-35)49-26-4-6-27(7-5-26)54-15-11-28(12-16-54)55-19-17-53(18-20-55)24-25-3-8-29-30(21-25)39(60)56(38(29)59)33-9-10-34(57)50-37(33)58/h3-8,13-14,21-22,28,33H,9-12,15-20,23-24H2,1-2H3,(H,50,57,58)(H2,47,48,49,51). The van der Waals surface area contributed by atoms with Crippen molar-refractivity contribution in [3.8, 4) is 0 Å². The molecule has 0 spiro atoms. The Bertz CT molecular complexity index is 2530. The number of sulfonamides is 1. The first-order chi connectivity index (χ1) is 30.0. The summed E-state index contributed by atoms with van der Waals surface area (Å²) in [5, 5.41) is 7.83. The Labute approximate surface area is 360 Å². The lowest BCUT2D eigenvalue weighted by Gasteiger charge is -2.43. The molecule has 4 amide bonds. The molecule has 2 aromatic carbocycles. The summed E-state index contributed by atoms with van der Waals surface area (Å²) >= 11 is 0. The number of piperidine rings is 2. The zero-order chi connectivity index (χ0) is 44.6. The summed E-state index contributed by atoms with van der Waals surface area (Å²) in [4.78, 5) is 74.7. The molecule has 3 fully saturated rings. The van der Waals surface area contributed by atoms with Crippen molar-refractivity contribution in [2.75, 3.05) is 72.4 Å². The highest BCUT2D eigenvalue weighted by Crippen LogP contribution is 2.35. The lowest BCUT2D eigenvalue weighted by molar-refractivity contribution is -0.138. The Morgan fingerprint density at radius 1 is 0.873 bits per heavy atom. The quantitative estimate of drug-likeness (QED) is 0.175. The zero-order valence-electron chi connectivity index (χ0n) is 34.4. The minimum Gasteiger partial charge on any atom is -0.371 e. The van der Waals surface area contributed by atoms with Gasteiger partial charge < -0.3 is 15.5 Å². The van der Waals surface area contributed by atoms with Crippen LogP contribution in [0.5, 0.6) is 0 Å². The number of alkyl halides is 3. The Morgan fingerprint density at radius 3 is 2.25 bits per heavy atom. The second-order valence-electron chi connectivity index (χ2n) is 15.9. The van der Waals surface area contributed by atoms with Gasteiger partial charge in [-0.3, -0.25) is 48.5 Å². The van der Waals surface area contributed by atoms with Crippen molar-refractivity contribution in [3.63, 3.8) is 0 Å². The summed E-state index contributed by atoms with van der Waals surface area (Å²) in [5.41, 5.74) is 2.02. The maximum Gasteiger partial charge on any atom is 0.421 e. The number of hydrogen-bond acceptors (Lipinski definition) is 15. The van der Waals surface area contributed by atoms with E-state index >= 15 is 0 Å². The van der Waals surface area contributed by atoms with E-state index in [9.17, 15) is 40.8 Å². The Balaban J connectivity index is 0.820. The fourth-order valence-electron chi connectivity index (χ4n) is 8.39. The van der Waals surface area contributed by atoms with Crippen LogP contribution in [0.25, 0.3) is 0 Å². The van der Waals surface area contributed by atoms with Crippen LogP contribution in [-0.4, -0.2) is 131 Å². The Morgan fingerprint density at radius 2 is 1.57 bits per heavy atom. The van der Waals surface area contributed by atoms with E-state index in [1.54, 1.807) is 12.1 Å². The molecule has 4 aliphatic rings. The Kier molecular flexibility index (Phi) is 12.0. The van der Waals surface area contributed by atoms with Gasteiger partial charge in [0.15, 0.2) is 5.82 Å². The number of benzene rings is 2. The highest BCUT2D eigenvalue weighted by molar-refractivity contribution is 7.92. The highest BCUT2D eigenvalue weighted by atomic mass is 32.2. The molecule has 63 heavy (non-hydrogen) atoms. The van der Waals surface area contributed by atoms with E-state index in [1.807, 2.05) is 30.3 Å². The zero-order valence-corrected chi connectivity index (χ0v) is 35.2. The molecule has 332 valence electrons. The van der Waals surface area contributed by atoms with Crippen molar-refractivity contribution in [2.24, 2.45) is 0 Å². The molecule has 3 saturated heterocycles. The third-order valence-corrected chi connectivity index (χ3v) is 13.0. The molecule has 6 heterocycles. The second kappa shape index (κ2) is 17.5. The maximum absolute atomic E-state index is 14.0. The first-order valence-corrected chi connectivity index (χ1v) is 22.2. The molecule has 0 aliphatic carbocycles. The van der Waals surface area contributed by atoms with Gasteiger partial charge >= 0.3 is 6.18 Å². The summed E-state index contributed by atoms with van der Waals surface area (Å²) in [6, 6.07) is 12.2. The van der Waals surface area contributed by atoms with Gasteiger partial charge in [-0.1, -0.05) is 6.07 Å². The number of piperazine rings is 1. The third-order valence-electron chi connectivity index (χ3n) is 11.9. The summed E-state index contributed by atoms with van der Waals surface area (Å²) < 4.78 is 67.0. The number of aromatic nitrogens is 4. The number of amides is 4. The predicted molar refractivity (Wildman–Crippen MR) is 225 cm³/mol. The number of halogens is 3. The number of carbonyl (C=O) groups is 4. The molecular weight excluding hydrogens is 846 g/mol. The number of hydrogen-bond donors (Lipinski definition) is 3. The molecule has 22 heteroatoms. The number of rotatable bonds is 12. The van der Waals surface area contributed by atoms with E-state index in [-0.39, 0.29) is 48.0 Å². The van der Waals surface area contributed by atoms with Crippen LogP contribution in [0.3, 0.4) is 0 Å². The van der Waals surface area contributed by atoms with E-state index in [4.69, 9.17) is 0 Å². The van der Waals surface area contributed by atoms with Gasteiger partial charge in [-0.25, -0.2) is 18.4 Å². The van der Waals surface area contributed by atoms with Crippen molar-refractivity contribution >= 4 is 62.6 Å². The first kappa shape index (κ1) is 43.4. The minimum absolute atomic E-state index is 0.0357. The van der Waals surface area contributed by atoms with Gasteiger partial charge in [0, 0.05) is 95.3 Å². The van der Waals surface area contributed by atoms with Crippen LogP contribution in [0.15, 0.2) is 61.1 Å². The van der Waals surface area contributed by atoms with Crippen molar-refractivity contribution in [3.05, 3.63) is 89.0 Å². The van der Waals surface area contributed by atoms with E-state index in [0.717, 1.165) is 78.8 Å². The van der Waals surface area contributed by atoms with Crippen molar-refractivity contribution < 1.29 is 40.8 Å². The molecule has 0 radical (unpaired) electrons. The average Bonchev–Trinajstić information content (AvgIpc) is 3.50. The average molecular weight is 891 g/mol. The second-order valence-corrected chi connectivity index (χ2v) is 17.9. The third kappa shape index (κ3) is 9.42. The van der Waals surface area contributed by atoms with Crippen LogP contribution < -0.4 is 25.2 Å². The normalized spacial score (nSPS) is 19.3. The van der Waals surface area contributed by atoms with Crippen LogP contribution in [0.2, 0.25) is 0 Å². The highest BCUT2D eigenvalue weighted by Gasteiger charge is 2.45. The van der Waals surface area contributed by atoms with Gasteiger partial charge in [-0.2, -0.15) is 18.2 Å². The molecule has 18 nitrogen and oxygen atoms in total. The van der Waals surface area contributed by atoms with Gasteiger partial charge in [0.25, 0.3) is 11.8 Å². The van der Waals surface area contributed by atoms with Crippen molar-refractivity contribution in [1.29, 1.82) is 0 Å². The fraction of sp³-hybridized carbons (Fsp3) is 0.415. The van der Waals surface area contributed by atoms with Gasteiger partial charge in [-0.05, 0) is 61.2 Å². The molecule has 2 aromatic heterocycles. The van der Waals surface area contributed by atoms with Crippen LogP contribution in [0.1, 0.15) is 63.2 Å². The maximum atomic E-state index is 14.0. The molecule has 8 rings (SSSR count). The molecule has 3 N–H and O–H groups in total. The lowest BCUT2D eigenvalue weighted by atomic mass is 10.0. The summed E-state index contributed by atoms with van der Waals surface area (Å²) in [7, 11) is -2.44. The van der Waals surface area contributed by atoms with E-state index < -0.39 is 57.3 Å². The summed E-state index contributed by atoms with van der Waals surface area (Å²) in [5.74, 6) is -2.71. The predicted octanol–water partition coefficient (Wildman–Crippen LogP) is 3.22. The topological polar surface area (TPSA) is 206 Å². The number of fused-ring (bicyclic) bond motifs is 1. The molecule has 0 saturated carbocycles. The van der Waals surface area contributed by atoms with E-state index in [2.05, 4.69) is 50.6 Å². The smallest absolute Gasteiger partial charge is 0.371 e. The molecule has 4 aliphatic heterocycles. The van der Waals surface area contributed by atoms with Crippen LogP contribution in [-0.2, 0) is 38.9 Å². The molecule has 1 unspecified atom stereocenters. The molecule has 1 atom stereocenters. The van der Waals surface area contributed by atoms with Gasteiger partial charge in [0.1, 0.15) is 23.1 Å². The summed E-state index contributed by atoms with van der Waals surface area (Å²) in [6.07, 6.45) is 1.60. The minimum atomic E-state index is -4.77. The Hall–Kier alpha value is -6.26. The lowest BCUT2D eigenvalue weighted by Crippen LogP contribution is -2.54. The van der Waals surface area contributed by atoms with E-state index in [0.29, 0.717) is 24.5 Å². The number of anilines is 5. The summed E-state index contributed by atoms with van der Waals surface area (Å²) in [6.45, 7) is 5.47. The van der Waals surface area contributed by atoms with Gasteiger partial charge in [-0.15, -0.1) is 0 Å². The van der Waals surface area contributed by atoms with E-state index in [1.165, 1.54) is 19.4 Å². The van der Waals surface area contributed by atoms with Crippen molar-refractivity contribution in [2.45, 2.75) is 57.0 Å². The first-order valence-electron chi connectivity index (χ1n) is 20.4. The van der Waals surface area contributed by atoms with Crippen LogP contribution in [0.4, 0.5) is 42.1 Å². The largest absolute Gasteiger partial charge is 0.421 e. The number of nitrogens with one attached hydrogen (secondary N) is 3. The van der Waals surface area contributed by atoms with Crippen LogP contribution >= 0.6 is 0 Å². The number of nitrogens with zero attached hydrogens (tertiary/aromatic N) is 9. The van der Waals surface area contributed by atoms with Crippen molar-refractivity contribution in [1.82, 2.24) is 40.0 Å². The number of carbonyl (C=O) groups excluding carboxylic acids is 4. The fourth-order valence-corrected chi connectivity index (χ4v) is 8.86. The molecular formula is C41H45F3N12O6S. The van der Waals surface area contributed by atoms with Gasteiger partial charge in [0.2, 0.25) is 27.8 Å².